The molecule has 0 aliphatic carbocycles. The average molecular weight is 392 g/mol. The summed E-state index contributed by atoms with van der Waals surface area (Å²) in [4.78, 5) is 22.8. The summed E-state index contributed by atoms with van der Waals surface area (Å²) in [5.74, 6) is 1.48. The summed E-state index contributed by atoms with van der Waals surface area (Å²) in [6, 6.07) is 9.99. The van der Waals surface area contributed by atoms with Gasteiger partial charge in [-0.15, -0.1) is 0 Å². The maximum absolute atomic E-state index is 11.4. The van der Waals surface area contributed by atoms with Crippen molar-refractivity contribution in [3.05, 3.63) is 53.5 Å². The number of aryl methyl sites for hydroxylation is 1. The Morgan fingerprint density at radius 2 is 1.97 bits per heavy atom. The highest BCUT2D eigenvalue weighted by atomic mass is 16.5. The Balaban J connectivity index is 1.74. The lowest BCUT2D eigenvalue weighted by atomic mass is 10.1. The largest absolute Gasteiger partial charge is 0.378 e. The molecule has 0 atom stereocenters. The van der Waals surface area contributed by atoms with Gasteiger partial charge in [-0.25, -0.2) is 14.6 Å². The van der Waals surface area contributed by atoms with Gasteiger partial charge in [0.2, 0.25) is 5.91 Å². The lowest BCUT2D eigenvalue weighted by molar-refractivity contribution is -0.117. The highest BCUT2D eigenvalue weighted by Gasteiger charge is 2.18. The van der Waals surface area contributed by atoms with E-state index in [9.17, 15) is 4.79 Å². The van der Waals surface area contributed by atoms with Crippen LogP contribution in [0.2, 0.25) is 0 Å². The van der Waals surface area contributed by atoms with Crippen LogP contribution < -0.4 is 10.6 Å². The first kappa shape index (κ1) is 19.1. The van der Waals surface area contributed by atoms with Crippen LogP contribution in [0.25, 0.3) is 17.1 Å². The summed E-state index contributed by atoms with van der Waals surface area (Å²) in [5, 5.41) is 4.56. The second-order valence-corrected chi connectivity index (χ2v) is 7.13. The third-order valence-corrected chi connectivity index (χ3v) is 5.13. The molecule has 150 valence electrons. The van der Waals surface area contributed by atoms with E-state index in [4.69, 9.17) is 10.5 Å². The summed E-state index contributed by atoms with van der Waals surface area (Å²) in [6.07, 6.45) is 1.79. The number of morpholine rings is 1. The fourth-order valence-corrected chi connectivity index (χ4v) is 3.40. The van der Waals surface area contributed by atoms with Gasteiger partial charge in [0.15, 0.2) is 11.6 Å². The number of ether oxygens (including phenoxy) is 1. The zero-order valence-electron chi connectivity index (χ0n) is 16.6. The molecule has 0 saturated carbocycles. The normalized spacial score (nSPS) is 14.2. The molecule has 0 spiro atoms. The number of primary amides is 1. The van der Waals surface area contributed by atoms with E-state index in [-0.39, 0.29) is 6.42 Å². The van der Waals surface area contributed by atoms with Crippen LogP contribution in [0.3, 0.4) is 0 Å². The second kappa shape index (κ2) is 8.00. The lowest BCUT2D eigenvalue weighted by Crippen LogP contribution is -2.36. The number of rotatable bonds is 5. The molecule has 0 radical (unpaired) electrons. The lowest BCUT2D eigenvalue weighted by Gasteiger charge is -2.27. The van der Waals surface area contributed by atoms with Gasteiger partial charge in [-0.3, -0.25) is 4.79 Å². The number of anilines is 1. The highest BCUT2D eigenvalue weighted by molar-refractivity contribution is 5.76. The van der Waals surface area contributed by atoms with Crippen LogP contribution >= 0.6 is 0 Å². The molecule has 0 bridgehead atoms. The number of amides is 1. The van der Waals surface area contributed by atoms with Crippen molar-refractivity contribution in [2.45, 2.75) is 20.3 Å². The Hall–Kier alpha value is -3.26. The third-order valence-electron chi connectivity index (χ3n) is 5.13. The number of nitrogens with zero attached hydrogens (tertiary/aromatic N) is 5. The Morgan fingerprint density at radius 3 is 2.66 bits per heavy atom. The van der Waals surface area contributed by atoms with Crippen LogP contribution in [-0.4, -0.2) is 52.0 Å². The van der Waals surface area contributed by atoms with Crippen molar-refractivity contribution in [2.75, 3.05) is 31.2 Å². The summed E-state index contributed by atoms with van der Waals surface area (Å²) in [7, 11) is 0. The molecule has 29 heavy (non-hydrogen) atoms. The van der Waals surface area contributed by atoms with Gasteiger partial charge < -0.3 is 15.4 Å². The Bertz CT molecular complexity index is 1020. The molecular weight excluding hydrogens is 368 g/mol. The van der Waals surface area contributed by atoms with Crippen molar-refractivity contribution in [2.24, 2.45) is 5.73 Å². The molecular formula is C21H24N6O2. The summed E-state index contributed by atoms with van der Waals surface area (Å²) < 4.78 is 7.18. The molecule has 1 aliphatic heterocycles. The van der Waals surface area contributed by atoms with Crippen molar-refractivity contribution in [3.63, 3.8) is 0 Å². The van der Waals surface area contributed by atoms with Crippen molar-refractivity contribution < 1.29 is 9.53 Å². The molecule has 8 heteroatoms. The van der Waals surface area contributed by atoms with Crippen molar-refractivity contribution in [1.82, 2.24) is 19.7 Å². The molecule has 4 rings (SSSR count). The molecule has 8 nitrogen and oxygen atoms in total. The number of hydrogen-bond acceptors (Lipinski definition) is 6. The Kier molecular flexibility index (Phi) is 5.26. The van der Waals surface area contributed by atoms with E-state index in [1.54, 1.807) is 10.9 Å². The van der Waals surface area contributed by atoms with Crippen LogP contribution in [0.15, 0.2) is 36.5 Å². The van der Waals surface area contributed by atoms with Crippen LogP contribution in [0.4, 0.5) is 5.82 Å². The number of hydrogen-bond donors (Lipinski definition) is 1. The SMILES string of the molecule is Cc1cccc(-n2nc(CC(N)=O)nc2-c2ccc(N3CCOCC3)nc2)c1C. The van der Waals surface area contributed by atoms with Gasteiger partial charge >= 0.3 is 0 Å². The molecule has 0 unspecified atom stereocenters. The van der Waals surface area contributed by atoms with E-state index in [1.807, 2.05) is 31.2 Å². The number of nitrogens with two attached hydrogens (primary N) is 1. The zero-order chi connectivity index (χ0) is 20.4. The van der Waals surface area contributed by atoms with E-state index in [2.05, 4.69) is 33.0 Å². The smallest absolute Gasteiger partial charge is 0.225 e. The molecule has 2 aromatic heterocycles. The van der Waals surface area contributed by atoms with Crippen LogP contribution in [-0.2, 0) is 16.0 Å². The first-order chi connectivity index (χ1) is 14.0. The van der Waals surface area contributed by atoms with Crippen molar-refractivity contribution in [3.8, 4) is 17.1 Å². The van der Waals surface area contributed by atoms with Gasteiger partial charge in [0, 0.05) is 24.8 Å². The van der Waals surface area contributed by atoms with Crippen molar-refractivity contribution in [1.29, 1.82) is 0 Å². The van der Waals surface area contributed by atoms with E-state index < -0.39 is 5.91 Å². The highest BCUT2D eigenvalue weighted by Crippen LogP contribution is 2.25. The predicted molar refractivity (Wildman–Crippen MR) is 110 cm³/mol. The number of benzene rings is 1. The van der Waals surface area contributed by atoms with Gasteiger partial charge in [-0.1, -0.05) is 12.1 Å². The van der Waals surface area contributed by atoms with Gasteiger partial charge in [0.1, 0.15) is 5.82 Å². The monoisotopic (exact) mass is 392 g/mol. The van der Waals surface area contributed by atoms with Gasteiger partial charge in [-0.05, 0) is 43.2 Å². The van der Waals surface area contributed by atoms with Crippen molar-refractivity contribution >= 4 is 11.7 Å². The predicted octanol–water partition coefficient (Wildman–Crippen LogP) is 1.81. The number of carbonyl (C=O) groups is 1. The quantitative estimate of drug-likeness (QED) is 0.711. The summed E-state index contributed by atoms with van der Waals surface area (Å²) in [6.45, 7) is 7.17. The Morgan fingerprint density at radius 1 is 1.17 bits per heavy atom. The first-order valence-corrected chi connectivity index (χ1v) is 9.63. The fraction of sp³-hybridized carbons (Fsp3) is 0.333. The van der Waals surface area contributed by atoms with Crippen LogP contribution in [0, 0.1) is 13.8 Å². The minimum absolute atomic E-state index is 0.00977. The molecule has 2 N–H and O–H groups in total. The number of aromatic nitrogens is 4. The average Bonchev–Trinajstić information content (AvgIpc) is 3.13. The Labute approximate surface area is 169 Å². The van der Waals surface area contributed by atoms with Crippen LogP contribution in [0.1, 0.15) is 17.0 Å². The first-order valence-electron chi connectivity index (χ1n) is 9.63. The molecule has 1 aliphatic rings. The maximum atomic E-state index is 11.4. The second-order valence-electron chi connectivity index (χ2n) is 7.13. The summed E-state index contributed by atoms with van der Waals surface area (Å²) >= 11 is 0. The van der Waals surface area contributed by atoms with Gasteiger partial charge in [0.05, 0.1) is 25.3 Å². The van der Waals surface area contributed by atoms with E-state index in [0.717, 1.165) is 41.3 Å². The fourth-order valence-electron chi connectivity index (χ4n) is 3.40. The molecule has 1 amide bonds. The van der Waals surface area contributed by atoms with Gasteiger partial charge in [0.25, 0.3) is 0 Å². The standard InChI is InChI=1S/C21H24N6O2/c1-14-4-3-5-17(15(14)2)27-21(24-19(25-27)12-18(22)28)16-6-7-20(23-13-16)26-8-10-29-11-9-26/h3-7,13H,8-12H2,1-2H3,(H2,22,28). The minimum Gasteiger partial charge on any atom is -0.378 e. The molecule has 1 aromatic carbocycles. The molecule has 1 fully saturated rings. The molecule has 1 saturated heterocycles. The van der Waals surface area contributed by atoms with E-state index >= 15 is 0 Å². The minimum atomic E-state index is -0.463. The topological polar surface area (TPSA) is 99.2 Å². The molecule has 3 aromatic rings. The maximum Gasteiger partial charge on any atom is 0.225 e. The van der Waals surface area contributed by atoms with Gasteiger partial charge in [-0.2, -0.15) is 5.10 Å². The number of carbonyl (C=O) groups excluding carboxylic acids is 1. The zero-order valence-corrected chi connectivity index (χ0v) is 16.6. The van der Waals surface area contributed by atoms with E-state index in [0.29, 0.717) is 24.9 Å². The summed E-state index contributed by atoms with van der Waals surface area (Å²) in [5.41, 5.74) is 9.36. The van der Waals surface area contributed by atoms with E-state index in [1.165, 1.54) is 0 Å². The third kappa shape index (κ3) is 3.97. The molecule has 3 heterocycles. The number of pyridine rings is 1. The van der Waals surface area contributed by atoms with Crippen LogP contribution in [0.5, 0.6) is 0 Å².